The van der Waals surface area contributed by atoms with Gasteiger partial charge in [-0.2, -0.15) is 0 Å². The number of halogens is 1. The van der Waals surface area contributed by atoms with E-state index in [2.05, 4.69) is 59.5 Å². The summed E-state index contributed by atoms with van der Waals surface area (Å²) in [7, 11) is 2.05. The summed E-state index contributed by atoms with van der Waals surface area (Å²) in [6, 6.07) is 8.59. The molecule has 0 heterocycles. The van der Waals surface area contributed by atoms with E-state index >= 15 is 0 Å². The minimum Gasteiger partial charge on any atom is -0.319 e. The second kappa shape index (κ2) is 9.57. The van der Waals surface area contributed by atoms with Gasteiger partial charge in [-0.05, 0) is 44.0 Å². The summed E-state index contributed by atoms with van der Waals surface area (Å²) in [5, 5.41) is 3.33. The van der Waals surface area contributed by atoms with Gasteiger partial charge in [0.05, 0.1) is 0 Å². The first-order valence-corrected chi connectivity index (χ1v) is 7.95. The maximum absolute atomic E-state index is 3.65. The summed E-state index contributed by atoms with van der Waals surface area (Å²) in [4.78, 5) is 0. The lowest BCUT2D eigenvalue weighted by atomic mass is 9.93. The first-order chi connectivity index (χ1) is 8.77. The predicted molar refractivity (Wildman–Crippen MR) is 84.0 cm³/mol. The highest BCUT2D eigenvalue weighted by atomic mass is 79.9. The van der Waals surface area contributed by atoms with E-state index in [0.29, 0.717) is 0 Å². The Kier molecular flexibility index (Phi) is 8.36. The zero-order chi connectivity index (χ0) is 13.2. The van der Waals surface area contributed by atoms with Crippen LogP contribution < -0.4 is 5.32 Å². The molecule has 0 aliphatic heterocycles. The van der Waals surface area contributed by atoms with Crippen LogP contribution in [0.5, 0.6) is 0 Å². The molecule has 1 aromatic rings. The molecule has 0 saturated heterocycles. The number of nitrogens with one attached hydrogen (secondary N) is 1. The molecule has 1 aromatic carbocycles. The Bertz CT molecular complexity index is 325. The van der Waals surface area contributed by atoms with E-state index in [4.69, 9.17) is 0 Å². The maximum Gasteiger partial charge on any atom is 0.0207 e. The molecular formula is C16H26BrN. The van der Waals surface area contributed by atoms with Crippen molar-refractivity contribution >= 4 is 15.9 Å². The van der Waals surface area contributed by atoms with Gasteiger partial charge in [0.15, 0.2) is 0 Å². The first kappa shape index (κ1) is 15.7. The van der Waals surface area contributed by atoms with Crippen molar-refractivity contribution in [3.8, 4) is 0 Å². The fraction of sp³-hybridized carbons (Fsp3) is 0.625. The molecule has 0 amide bonds. The Hall–Kier alpha value is -0.340. The molecule has 0 fully saturated rings. The summed E-state index contributed by atoms with van der Waals surface area (Å²) in [6.45, 7) is 3.39. The largest absolute Gasteiger partial charge is 0.319 e. The zero-order valence-electron chi connectivity index (χ0n) is 11.7. The van der Waals surface area contributed by atoms with Crippen molar-refractivity contribution in [2.45, 2.75) is 45.4 Å². The van der Waals surface area contributed by atoms with Crippen LogP contribution in [0.25, 0.3) is 0 Å². The standard InChI is InChI=1S/C16H26BrN/c1-3-4-5-6-9-14(13-18-2)12-15-10-7-8-11-16(15)17/h7-8,10-11,14,18H,3-6,9,12-13H2,1-2H3. The molecule has 0 radical (unpaired) electrons. The molecule has 2 heteroatoms. The molecule has 0 aliphatic rings. The van der Waals surface area contributed by atoms with E-state index in [-0.39, 0.29) is 0 Å². The molecule has 1 unspecified atom stereocenters. The highest BCUT2D eigenvalue weighted by molar-refractivity contribution is 9.10. The molecule has 18 heavy (non-hydrogen) atoms. The van der Waals surface area contributed by atoms with E-state index in [1.807, 2.05) is 0 Å². The van der Waals surface area contributed by atoms with Crippen LogP contribution in [0, 0.1) is 5.92 Å². The third-order valence-corrected chi connectivity index (χ3v) is 4.20. The minimum atomic E-state index is 0.755. The topological polar surface area (TPSA) is 12.0 Å². The van der Waals surface area contributed by atoms with Crippen LogP contribution >= 0.6 is 15.9 Å². The Morgan fingerprint density at radius 1 is 1.17 bits per heavy atom. The smallest absolute Gasteiger partial charge is 0.0207 e. The van der Waals surface area contributed by atoms with Crippen LogP contribution in [0.4, 0.5) is 0 Å². The van der Waals surface area contributed by atoms with Crippen molar-refractivity contribution < 1.29 is 0 Å². The van der Waals surface area contributed by atoms with E-state index in [0.717, 1.165) is 12.5 Å². The van der Waals surface area contributed by atoms with E-state index < -0.39 is 0 Å². The van der Waals surface area contributed by atoms with Gasteiger partial charge in [-0.3, -0.25) is 0 Å². The van der Waals surface area contributed by atoms with Gasteiger partial charge in [-0.15, -0.1) is 0 Å². The van der Waals surface area contributed by atoms with Gasteiger partial charge in [-0.25, -0.2) is 0 Å². The Morgan fingerprint density at radius 3 is 2.61 bits per heavy atom. The highest BCUT2D eigenvalue weighted by Gasteiger charge is 2.10. The second-order valence-corrected chi connectivity index (χ2v) is 5.92. The molecule has 0 aromatic heterocycles. The number of hydrogen-bond acceptors (Lipinski definition) is 1. The van der Waals surface area contributed by atoms with Gasteiger partial charge in [0.25, 0.3) is 0 Å². The fourth-order valence-corrected chi connectivity index (χ4v) is 2.85. The molecule has 0 aliphatic carbocycles. The molecule has 1 atom stereocenters. The third kappa shape index (κ3) is 6.01. The van der Waals surface area contributed by atoms with Crippen LogP contribution in [-0.2, 0) is 6.42 Å². The van der Waals surface area contributed by atoms with Gasteiger partial charge in [0.1, 0.15) is 0 Å². The fourth-order valence-electron chi connectivity index (χ4n) is 2.40. The Balaban J connectivity index is 2.44. The molecule has 1 N–H and O–H groups in total. The van der Waals surface area contributed by atoms with Crippen LogP contribution in [0.3, 0.4) is 0 Å². The zero-order valence-corrected chi connectivity index (χ0v) is 13.3. The lowest BCUT2D eigenvalue weighted by Gasteiger charge is -2.17. The summed E-state index contributed by atoms with van der Waals surface area (Å²) in [5.74, 6) is 0.755. The summed E-state index contributed by atoms with van der Waals surface area (Å²) >= 11 is 3.65. The SMILES string of the molecule is CCCCCCC(CNC)Cc1ccccc1Br. The molecular weight excluding hydrogens is 286 g/mol. The second-order valence-electron chi connectivity index (χ2n) is 5.07. The van der Waals surface area contributed by atoms with Crippen LogP contribution in [0.1, 0.15) is 44.6 Å². The number of benzene rings is 1. The molecule has 0 bridgehead atoms. The quantitative estimate of drug-likeness (QED) is 0.646. The lowest BCUT2D eigenvalue weighted by molar-refractivity contribution is 0.434. The number of unbranched alkanes of at least 4 members (excludes halogenated alkanes) is 3. The summed E-state index contributed by atoms with van der Waals surface area (Å²) in [6.07, 6.45) is 7.95. The van der Waals surface area contributed by atoms with Crippen molar-refractivity contribution in [2.24, 2.45) is 5.92 Å². The van der Waals surface area contributed by atoms with E-state index in [1.54, 1.807) is 0 Å². The van der Waals surface area contributed by atoms with Gasteiger partial charge in [-0.1, -0.05) is 66.7 Å². The molecule has 1 nitrogen and oxygen atoms in total. The van der Waals surface area contributed by atoms with Crippen molar-refractivity contribution in [2.75, 3.05) is 13.6 Å². The third-order valence-electron chi connectivity index (χ3n) is 3.43. The van der Waals surface area contributed by atoms with Crippen LogP contribution in [0.2, 0.25) is 0 Å². The van der Waals surface area contributed by atoms with Crippen LogP contribution in [0.15, 0.2) is 28.7 Å². The highest BCUT2D eigenvalue weighted by Crippen LogP contribution is 2.22. The number of hydrogen-bond donors (Lipinski definition) is 1. The lowest BCUT2D eigenvalue weighted by Crippen LogP contribution is -2.21. The van der Waals surface area contributed by atoms with Crippen molar-refractivity contribution in [3.05, 3.63) is 34.3 Å². The van der Waals surface area contributed by atoms with Gasteiger partial charge < -0.3 is 5.32 Å². The van der Waals surface area contributed by atoms with Gasteiger partial charge >= 0.3 is 0 Å². The van der Waals surface area contributed by atoms with Crippen molar-refractivity contribution in [1.29, 1.82) is 0 Å². The summed E-state index contributed by atoms with van der Waals surface area (Å²) < 4.78 is 1.25. The molecule has 1 rings (SSSR count). The van der Waals surface area contributed by atoms with Gasteiger partial charge in [0, 0.05) is 4.47 Å². The van der Waals surface area contributed by atoms with Gasteiger partial charge in [0.2, 0.25) is 0 Å². The maximum atomic E-state index is 3.65. The van der Waals surface area contributed by atoms with E-state index in [9.17, 15) is 0 Å². The number of rotatable bonds is 9. The molecule has 0 saturated carbocycles. The Labute approximate surface area is 120 Å². The normalized spacial score (nSPS) is 12.6. The molecule has 0 spiro atoms. The van der Waals surface area contributed by atoms with Crippen molar-refractivity contribution in [3.63, 3.8) is 0 Å². The minimum absolute atomic E-state index is 0.755. The predicted octanol–water partition coefficient (Wildman–Crippen LogP) is 4.80. The first-order valence-electron chi connectivity index (χ1n) is 7.16. The monoisotopic (exact) mass is 311 g/mol. The Morgan fingerprint density at radius 2 is 1.94 bits per heavy atom. The average Bonchev–Trinajstić information content (AvgIpc) is 2.37. The molecule has 102 valence electrons. The van der Waals surface area contributed by atoms with Crippen LogP contribution in [-0.4, -0.2) is 13.6 Å². The van der Waals surface area contributed by atoms with Crippen molar-refractivity contribution in [1.82, 2.24) is 5.32 Å². The summed E-state index contributed by atoms with van der Waals surface area (Å²) in [5.41, 5.74) is 1.44. The average molecular weight is 312 g/mol. The van der Waals surface area contributed by atoms with E-state index in [1.165, 1.54) is 48.6 Å².